The fourth-order valence-electron chi connectivity index (χ4n) is 2.32. The van der Waals surface area contributed by atoms with Crippen LogP contribution in [0.15, 0.2) is 24.3 Å². The average molecular weight is 324 g/mol. The lowest BCUT2D eigenvalue weighted by molar-refractivity contribution is -0.137. The largest absolute Gasteiger partial charge is 0.507 e. The first-order valence-corrected chi connectivity index (χ1v) is 7.46. The molecular weight excluding hydrogens is 305 g/mol. The molecule has 0 fully saturated rings. The SMILES string of the molecule is CC[C@H](C)Cc1cc(C)c(-c2ccc(C(F)(F)F)cc2O)nn1. The second-order valence-electron chi connectivity index (χ2n) is 5.81. The van der Waals surface area contributed by atoms with E-state index >= 15 is 0 Å². The van der Waals surface area contributed by atoms with Gasteiger partial charge in [-0.3, -0.25) is 0 Å². The molecule has 0 aliphatic rings. The zero-order chi connectivity index (χ0) is 17.2. The molecule has 0 spiro atoms. The van der Waals surface area contributed by atoms with Crippen molar-refractivity contribution in [3.05, 3.63) is 41.1 Å². The third-order valence-electron chi connectivity index (χ3n) is 3.87. The Balaban J connectivity index is 2.35. The highest BCUT2D eigenvalue weighted by Crippen LogP contribution is 2.36. The Morgan fingerprint density at radius 3 is 2.39 bits per heavy atom. The number of alkyl halides is 3. The summed E-state index contributed by atoms with van der Waals surface area (Å²) in [6.07, 6.45) is -2.66. The molecule has 0 aliphatic heterocycles. The lowest BCUT2D eigenvalue weighted by atomic mass is 10.00. The van der Waals surface area contributed by atoms with E-state index in [1.54, 1.807) is 6.92 Å². The Morgan fingerprint density at radius 1 is 1.17 bits per heavy atom. The highest BCUT2D eigenvalue weighted by atomic mass is 19.4. The highest BCUT2D eigenvalue weighted by Gasteiger charge is 2.31. The van der Waals surface area contributed by atoms with Crippen LogP contribution in [0.3, 0.4) is 0 Å². The van der Waals surface area contributed by atoms with Crippen LogP contribution in [0.25, 0.3) is 11.3 Å². The third-order valence-corrected chi connectivity index (χ3v) is 3.87. The lowest BCUT2D eigenvalue weighted by Gasteiger charge is -2.12. The zero-order valence-corrected chi connectivity index (χ0v) is 13.3. The molecule has 0 radical (unpaired) electrons. The summed E-state index contributed by atoms with van der Waals surface area (Å²) in [5, 5.41) is 18.1. The summed E-state index contributed by atoms with van der Waals surface area (Å²) in [7, 11) is 0. The number of hydrogen-bond acceptors (Lipinski definition) is 3. The maximum absolute atomic E-state index is 12.7. The Labute approximate surface area is 133 Å². The van der Waals surface area contributed by atoms with E-state index in [0.717, 1.165) is 30.2 Å². The number of phenolic OH excluding ortho intramolecular Hbond substituents is 1. The summed E-state index contributed by atoms with van der Waals surface area (Å²) in [5.74, 6) is 0.0286. The molecule has 0 saturated carbocycles. The molecule has 2 rings (SSSR count). The van der Waals surface area contributed by atoms with Gasteiger partial charge in [-0.1, -0.05) is 20.3 Å². The smallest absolute Gasteiger partial charge is 0.416 e. The molecule has 0 aliphatic carbocycles. The van der Waals surface area contributed by atoms with E-state index in [1.165, 1.54) is 6.07 Å². The number of benzene rings is 1. The van der Waals surface area contributed by atoms with Gasteiger partial charge in [0, 0.05) is 5.56 Å². The van der Waals surface area contributed by atoms with Gasteiger partial charge in [0.15, 0.2) is 0 Å². The van der Waals surface area contributed by atoms with Crippen molar-refractivity contribution >= 4 is 0 Å². The molecule has 1 N–H and O–H groups in total. The summed E-state index contributed by atoms with van der Waals surface area (Å²) >= 11 is 0. The Morgan fingerprint density at radius 2 is 1.87 bits per heavy atom. The zero-order valence-electron chi connectivity index (χ0n) is 13.3. The molecule has 1 atom stereocenters. The lowest BCUT2D eigenvalue weighted by Crippen LogP contribution is -2.05. The number of aromatic nitrogens is 2. The van der Waals surface area contributed by atoms with E-state index in [0.29, 0.717) is 17.7 Å². The van der Waals surface area contributed by atoms with Gasteiger partial charge in [-0.2, -0.15) is 18.3 Å². The van der Waals surface area contributed by atoms with Crippen LogP contribution in [0.5, 0.6) is 5.75 Å². The van der Waals surface area contributed by atoms with E-state index in [9.17, 15) is 18.3 Å². The number of phenols is 1. The molecule has 2 aromatic rings. The van der Waals surface area contributed by atoms with E-state index in [-0.39, 0.29) is 5.56 Å². The minimum atomic E-state index is -4.49. The number of nitrogens with zero attached hydrogens (tertiary/aromatic N) is 2. The van der Waals surface area contributed by atoms with Gasteiger partial charge in [0.05, 0.1) is 17.0 Å². The number of rotatable bonds is 4. The van der Waals surface area contributed by atoms with Crippen molar-refractivity contribution in [3.63, 3.8) is 0 Å². The minimum absolute atomic E-state index is 0.248. The molecule has 1 aromatic heterocycles. The third kappa shape index (κ3) is 4.00. The number of aromatic hydroxyl groups is 1. The van der Waals surface area contributed by atoms with Gasteiger partial charge < -0.3 is 5.11 Å². The van der Waals surface area contributed by atoms with Crippen LogP contribution >= 0.6 is 0 Å². The van der Waals surface area contributed by atoms with E-state index in [1.807, 2.05) is 6.07 Å². The Kier molecular flexibility index (Phi) is 4.92. The molecular formula is C17H19F3N2O. The maximum Gasteiger partial charge on any atom is 0.416 e. The van der Waals surface area contributed by atoms with Gasteiger partial charge in [-0.15, -0.1) is 5.10 Å². The number of aryl methyl sites for hydroxylation is 1. The monoisotopic (exact) mass is 324 g/mol. The molecule has 3 nitrogen and oxygen atoms in total. The van der Waals surface area contributed by atoms with Crippen LogP contribution in [0.2, 0.25) is 0 Å². The molecule has 1 aromatic carbocycles. The number of halogens is 3. The van der Waals surface area contributed by atoms with Gasteiger partial charge in [-0.25, -0.2) is 0 Å². The first kappa shape index (κ1) is 17.2. The van der Waals surface area contributed by atoms with Gasteiger partial charge in [0.1, 0.15) is 5.75 Å². The van der Waals surface area contributed by atoms with Crippen molar-refractivity contribution in [1.82, 2.24) is 10.2 Å². The Bertz CT molecular complexity index is 699. The fourth-order valence-corrected chi connectivity index (χ4v) is 2.32. The normalized spacial score (nSPS) is 13.1. The maximum atomic E-state index is 12.7. The van der Waals surface area contributed by atoms with Crippen LogP contribution in [-0.4, -0.2) is 15.3 Å². The summed E-state index contributed by atoms with van der Waals surface area (Å²) < 4.78 is 38.0. The molecule has 0 saturated heterocycles. The van der Waals surface area contributed by atoms with Crippen molar-refractivity contribution in [3.8, 4) is 17.0 Å². The summed E-state index contributed by atoms with van der Waals surface area (Å²) in [5.41, 5.74) is 1.36. The van der Waals surface area contributed by atoms with Crippen LogP contribution < -0.4 is 0 Å². The van der Waals surface area contributed by atoms with Gasteiger partial charge >= 0.3 is 6.18 Å². The minimum Gasteiger partial charge on any atom is -0.507 e. The van der Waals surface area contributed by atoms with Crippen molar-refractivity contribution in [1.29, 1.82) is 0 Å². The topological polar surface area (TPSA) is 46.0 Å². The summed E-state index contributed by atoms with van der Waals surface area (Å²) in [6.45, 7) is 6.02. The quantitative estimate of drug-likeness (QED) is 0.881. The molecule has 6 heteroatoms. The van der Waals surface area contributed by atoms with Crippen molar-refractivity contribution in [2.45, 2.75) is 39.8 Å². The second kappa shape index (κ2) is 6.56. The summed E-state index contributed by atoms with van der Waals surface area (Å²) in [4.78, 5) is 0. The molecule has 0 amide bonds. The molecule has 0 bridgehead atoms. The van der Waals surface area contributed by atoms with Gasteiger partial charge in [0.2, 0.25) is 0 Å². The van der Waals surface area contributed by atoms with Crippen LogP contribution in [0.1, 0.15) is 37.1 Å². The number of hydrogen-bond donors (Lipinski definition) is 1. The van der Waals surface area contributed by atoms with Crippen molar-refractivity contribution < 1.29 is 18.3 Å². The van der Waals surface area contributed by atoms with Crippen molar-refractivity contribution in [2.24, 2.45) is 5.92 Å². The summed E-state index contributed by atoms with van der Waals surface area (Å²) in [6, 6.07) is 4.74. The van der Waals surface area contributed by atoms with E-state index in [4.69, 9.17) is 0 Å². The molecule has 1 heterocycles. The van der Waals surface area contributed by atoms with Gasteiger partial charge in [-0.05, 0) is 49.1 Å². The predicted octanol–water partition coefficient (Wildman–Crippen LogP) is 4.77. The first-order valence-electron chi connectivity index (χ1n) is 7.46. The van der Waals surface area contributed by atoms with E-state index in [2.05, 4.69) is 24.0 Å². The van der Waals surface area contributed by atoms with Crippen LogP contribution in [0, 0.1) is 12.8 Å². The molecule has 0 unspecified atom stereocenters. The predicted molar refractivity (Wildman–Crippen MR) is 82.0 cm³/mol. The second-order valence-corrected chi connectivity index (χ2v) is 5.81. The highest BCUT2D eigenvalue weighted by molar-refractivity contribution is 5.69. The molecule has 23 heavy (non-hydrogen) atoms. The van der Waals surface area contributed by atoms with Gasteiger partial charge in [0.25, 0.3) is 0 Å². The van der Waals surface area contributed by atoms with Crippen molar-refractivity contribution in [2.75, 3.05) is 0 Å². The Hall–Kier alpha value is -2.11. The fraction of sp³-hybridized carbons (Fsp3) is 0.412. The van der Waals surface area contributed by atoms with Crippen LogP contribution in [-0.2, 0) is 12.6 Å². The van der Waals surface area contributed by atoms with Crippen LogP contribution in [0.4, 0.5) is 13.2 Å². The molecule has 124 valence electrons. The standard InChI is InChI=1S/C17H19F3N2O/c1-4-10(2)7-13-8-11(3)16(22-21-13)14-6-5-12(9-15(14)23)17(18,19)20/h5-6,8-10,23H,4,7H2,1-3H3/t10-/m0/s1. The van der Waals surface area contributed by atoms with E-state index < -0.39 is 17.5 Å². The first-order chi connectivity index (χ1) is 10.7. The average Bonchev–Trinajstić information content (AvgIpc) is 2.47.